The van der Waals surface area contributed by atoms with Gasteiger partial charge in [-0.05, 0) is 12.8 Å². The SMILES string of the molecule is CN1CC(=O)N(CCCC(N)=S)CC1=O. The van der Waals surface area contributed by atoms with Crippen LogP contribution in [-0.4, -0.2) is 53.3 Å². The molecule has 0 aliphatic carbocycles. The van der Waals surface area contributed by atoms with Gasteiger partial charge in [0.05, 0.1) is 18.1 Å². The normalized spacial score (nSPS) is 17.1. The van der Waals surface area contributed by atoms with Crippen molar-refractivity contribution in [1.29, 1.82) is 0 Å². The molecule has 0 aromatic rings. The number of nitrogens with two attached hydrogens (primary N) is 1. The van der Waals surface area contributed by atoms with Gasteiger partial charge in [-0.15, -0.1) is 0 Å². The molecule has 0 atom stereocenters. The summed E-state index contributed by atoms with van der Waals surface area (Å²) in [5, 5.41) is 0. The van der Waals surface area contributed by atoms with Crippen LogP contribution >= 0.6 is 12.2 Å². The van der Waals surface area contributed by atoms with Gasteiger partial charge in [-0.2, -0.15) is 0 Å². The van der Waals surface area contributed by atoms with Crippen LogP contribution in [0.2, 0.25) is 0 Å². The predicted molar refractivity (Wildman–Crippen MR) is 60.2 cm³/mol. The van der Waals surface area contributed by atoms with Crippen LogP contribution in [0, 0.1) is 0 Å². The Hall–Kier alpha value is -1.17. The lowest BCUT2D eigenvalue weighted by molar-refractivity contribution is -0.148. The Labute approximate surface area is 94.2 Å². The highest BCUT2D eigenvalue weighted by atomic mass is 32.1. The van der Waals surface area contributed by atoms with Crippen molar-refractivity contribution < 1.29 is 9.59 Å². The molecule has 1 rings (SSSR count). The molecule has 1 aliphatic heterocycles. The molecule has 0 spiro atoms. The Kier molecular flexibility index (Phi) is 4.02. The van der Waals surface area contributed by atoms with Crippen molar-refractivity contribution in [3.05, 3.63) is 0 Å². The number of piperazine rings is 1. The first kappa shape index (κ1) is 11.9. The summed E-state index contributed by atoms with van der Waals surface area (Å²) in [4.78, 5) is 26.3. The maximum atomic E-state index is 11.5. The highest BCUT2D eigenvalue weighted by Gasteiger charge is 2.26. The van der Waals surface area contributed by atoms with Gasteiger partial charge in [0.25, 0.3) is 0 Å². The molecular formula is C9H15N3O2S. The topological polar surface area (TPSA) is 66.6 Å². The second-order valence-corrected chi connectivity index (χ2v) is 4.16. The fourth-order valence-corrected chi connectivity index (χ4v) is 1.56. The fraction of sp³-hybridized carbons (Fsp3) is 0.667. The largest absolute Gasteiger partial charge is 0.393 e. The third kappa shape index (κ3) is 3.47. The van der Waals surface area contributed by atoms with E-state index in [1.165, 1.54) is 4.90 Å². The fourth-order valence-electron chi connectivity index (χ4n) is 1.41. The lowest BCUT2D eigenvalue weighted by atomic mass is 10.2. The summed E-state index contributed by atoms with van der Waals surface area (Å²) < 4.78 is 0. The van der Waals surface area contributed by atoms with Gasteiger partial charge in [0.2, 0.25) is 11.8 Å². The van der Waals surface area contributed by atoms with E-state index in [0.29, 0.717) is 18.0 Å². The number of carbonyl (C=O) groups excluding carboxylic acids is 2. The van der Waals surface area contributed by atoms with Crippen LogP contribution in [0.4, 0.5) is 0 Å². The number of rotatable bonds is 4. The number of likely N-dealkylation sites (N-methyl/N-ethyl adjacent to an activating group) is 1. The van der Waals surface area contributed by atoms with Crippen molar-refractivity contribution in [2.45, 2.75) is 12.8 Å². The van der Waals surface area contributed by atoms with Crippen molar-refractivity contribution in [2.24, 2.45) is 5.73 Å². The van der Waals surface area contributed by atoms with Gasteiger partial charge in [-0.1, -0.05) is 12.2 Å². The quantitative estimate of drug-likeness (QED) is 0.651. The van der Waals surface area contributed by atoms with E-state index in [9.17, 15) is 9.59 Å². The van der Waals surface area contributed by atoms with Gasteiger partial charge in [0.1, 0.15) is 0 Å². The molecule has 0 unspecified atom stereocenters. The summed E-state index contributed by atoms with van der Waals surface area (Å²) in [6.45, 7) is 0.897. The summed E-state index contributed by atoms with van der Waals surface area (Å²) in [6, 6.07) is 0. The molecule has 0 saturated carbocycles. The van der Waals surface area contributed by atoms with E-state index in [0.717, 1.165) is 6.42 Å². The Bertz CT molecular complexity index is 293. The van der Waals surface area contributed by atoms with Gasteiger partial charge >= 0.3 is 0 Å². The number of hydrogen-bond acceptors (Lipinski definition) is 3. The summed E-state index contributed by atoms with van der Waals surface area (Å²) in [5.74, 6) is -0.0371. The summed E-state index contributed by atoms with van der Waals surface area (Å²) in [7, 11) is 1.63. The molecular weight excluding hydrogens is 214 g/mol. The van der Waals surface area contributed by atoms with Gasteiger partial charge < -0.3 is 15.5 Å². The smallest absolute Gasteiger partial charge is 0.242 e. The number of amides is 2. The monoisotopic (exact) mass is 229 g/mol. The molecule has 0 aromatic heterocycles. The zero-order chi connectivity index (χ0) is 11.4. The summed E-state index contributed by atoms with van der Waals surface area (Å²) in [5.41, 5.74) is 5.34. The first-order valence-electron chi connectivity index (χ1n) is 4.80. The molecule has 5 nitrogen and oxygen atoms in total. The van der Waals surface area contributed by atoms with Crippen LogP contribution in [0.5, 0.6) is 0 Å². The van der Waals surface area contributed by atoms with E-state index in [1.807, 2.05) is 0 Å². The van der Waals surface area contributed by atoms with Gasteiger partial charge in [-0.3, -0.25) is 9.59 Å². The van der Waals surface area contributed by atoms with E-state index < -0.39 is 0 Å². The van der Waals surface area contributed by atoms with Crippen molar-refractivity contribution in [3.8, 4) is 0 Å². The van der Waals surface area contributed by atoms with Crippen molar-refractivity contribution in [2.75, 3.05) is 26.7 Å². The molecule has 0 aromatic carbocycles. The Balaban J connectivity index is 2.38. The second-order valence-electron chi connectivity index (χ2n) is 3.63. The van der Waals surface area contributed by atoms with Crippen LogP contribution < -0.4 is 5.73 Å². The lowest BCUT2D eigenvalue weighted by Crippen LogP contribution is -2.52. The molecule has 84 valence electrons. The first-order valence-corrected chi connectivity index (χ1v) is 5.21. The maximum absolute atomic E-state index is 11.5. The minimum atomic E-state index is -0.0232. The number of hydrogen-bond donors (Lipinski definition) is 1. The van der Waals surface area contributed by atoms with Crippen molar-refractivity contribution in [3.63, 3.8) is 0 Å². The van der Waals surface area contributed by atoms with Crippen molar-refractivity contribution in [1.82, 2.24) is 9.80 Å². The average molecular weight is 229 g/mol. The maximum Gasteiger partial charge on any atom is 0.242 e. The van der Waals surface area contributed by atoms with E-state index in [1.54, 1.807) is 11.9 Å². The van der Waals surface area contributed by atoms with Crippen LogP contribution in [0.3, 0.4) is 0 Å². The molecule has 15 heavy (non-hydrogen) atoms. The second kappa shape index (κ2) is 5.06. The van der Waals surface area contributed by atoms with Crippen LogP contribution in [0.1, 0.15) is 12.8 Å². The number of carbonyl (C=O) groups is 2. The molecule has 2 amide bonds. The Morgan fingerprint density at radius 3 is 2.67 bits per heavy atom. The van der Waals surface area contributed by atoms with E-state index in [4.69, 9.17) is 18.0 Å². The molecule has 1 saturated heterocycles. The molecule has 0 radical (unpaired) electrons. The van der Waals surface area contributed by atoms with Crippen LogP contribution in [-0.2, 0) is 9.59 Å². The Morgan fingerprint density at radius 2 is 2.07 bits per heavy atom. The molecule has 2 N–H and O–H groups in total. The highest BCUT2D eigenvalue weighted by Crippen LogP contribution is 2.04. The minimum absolute atomic E-state index is 0.0139. The van der Waals surface area contributed by atoms with Crippen LogP contribution in [0.25, 0.3) is 0 Å². The number of thiocarbonyl (C=S) groups is 1. The zero-order valence-corrected chi connectivity index (χ0v) is 9.55. The van der Waals surface area contributed by atoms with E-state index in [-0.39, 0.29) is 24.9 Å². The highest BCUT2D eigenvalue weighted by molar-refractivity contribution is 7.80. The third-order valence-corrected chi connectivity index (χ3v) is 2.53. The van der Waals surface area contributed by atoms with E-state index >= 15 is 0 Å². The first-order chi connectivity index (χ1) is 7.00. The zero-order valence-electron chi connectivity index (χ0n) is 8.73. The molecule has 1 aliphatic rings. The molecule has 6 heteroatoms. The standard InChI is InChI=1S/C9H15N3O2S/c1-11-5-9(14)12(6-8(11)13)4-2-3-7(10)15/h2-6H2,1H3,(H2,10,15). The van der Waals surface area contributed by atoms with Gasteiger partial charge in [0, 0.05) is 13.6 Å². The van der Waals surface area contributed by atoms with Gasteiger partial charge in [0.15, 0.2) is 0 Å². The predicted octanol–water partition coefficient (Wildman–Crippen LogP) is -0.647. The summed E-state index contributed by atoms with van der Waals surface area (Å²) >= 11 is 4.73. The van der Waals surface area contributed by atoms with E-state index in [2.05, 4.69) is 0 Å². The van der Waals surface area contributed by atoms with Gasteiger partial charge in [-0.25, -0.2) is 0 Å². The third-order valence-electron chi connectivity index (χ3n) is 2.33. The number of nitrogens with zero attached hydrogens (tertiary/aromatic N) is 2. The lowest BCUT2D eigenvalue weighted by Gasteiger charge is -2.31. The minimum Gasteiger partial charge on any atom is -0.393 e. The summed E-state index contributed by atoms with van der Waals surface area (Å²) in [6.07, 6.45) is 1.33. The van der Waals surface area contributed by atoms with Crippen LogP contribution in [0.15, 0.2) is 0 Å². The molecule has 1 fully saturated rings. The molecule has 1 heterocycles. The molecule has 0 bridgehead atoms. The average Bonchev–Trinajstić information content (AvgIpc) is 2.13. The van der Waals surface area contributed by atoms with Crippen molar-refractivity contribution >= 4 is 29.0 Å². The Morgan fingerprint density at radius 1 is 1.40 bits per heavy atom.